The van der Waals surface area contributed by atoms with E-state index in [0.717, 1.165) is 64.9 Å². The van der Waals surface area contributed by atoms with Crippen LogP contribution in [0.15, 0.2) is 35.3 Å². The number of benzene rings is 1. The maximum Gasteiger partial charge on any atom is 0.193 e. The van der Waals surface area contributed by atoms with Gasteiger partial charge in [-0.05, 0) is 26.0 Å². The molecular weight excluding hydrogens is 467 g/mol. The lowest BCUT2D eigenvalue weighted by atomic mass is 10.1. The highest BCUT2D eigenvalue weighted by atomic mass is 127. The first-order chi connectivity index (χ1) is 13.2. The van der Waals surface area contributed by atoms with Crippen LogP contribution in [0.5, 0.6) is 0 Å². The number of likely N-dealkylation sites (N-methyl/N-ethyl adjacent to an activating group) is 1. The molecule has 2 rings (SSSR count). The van der Waals surface area contributed by atoms with E-state index in [1.165, 1.54) is 5.56 Å². The zero-order valence-electron chi connectivity index (χ0n) is 17.6. The number of hydrogen-bond donors (Lipinski definition) is 1. The van der Waals surface area contributed by atoms with Gasteiger partial charge >= 0.3 is 0 Å². The molecule has 1 unspecified atom stereocenters. The summed E-state index contributed by atoms with van der Waals surface area (Å²) in [6.45, 7) is 10.0. The summed E-state index contributed by atoms with van der Waals surface area (Å²) in [5.41, 5.74) is 1.24. The van der Waals surface area contributed by atoms with Crippen LogP contribution in [0.2, 0.25) is 0 Å². The average Bonchev–Trinajstić information content (AvgIpc) is 3.15. The molecule has 160 valence electrons. The van der Waals surface area contributed by atoms with Crippen LogP contribution in [-0.2, 0) is 16.1 Å². The number of nitrogens with one attached hydrogen (secondary N) is 1. The predicted octanol–water partition coefficient (Wildman–Crippen LogP) is 2.69. The summed E-state index contributed by atoms with van der Waals surface area (Å²) in [4.78, 5) is 9.44. The van der Waals surface area contributed by atoms with Crippen molar-refractivity contribution < 1.29 is 9.47 Å². The van der Waals surface area contributed by atoms with E-state index in [-0.39, 0.29) is 24.0 Å². The second-order valence-corrected chi connectivity index (χ2v) is 7.13. The van der Waals surface area contributed by atoms with Crippen LogP contribution in [0.1, 0.15) is 18.9 Å². The summed E-state index contributed by atoms with van der Waals surface area (Å²) in [6, 6.07) is 10.4. The number of rotatable bonds is 11. The Labute approximate surface area is 187 Å². The molecule has 0 aromatic heterocycles. The zero-order chi connectivity index (χ0) is 19.3. The second-order valence-electron chi connectivity index (χ2n) is 7.13. The van der Waals surface area contributed by atoms with Gasteiger partial charge in [-0.25, -0.2) is 0 Å². The molecule has 0 spiro atoms. The molecule has 1 N–H and O–H groups in total. The molecule has 1 aliphatic rings. The van der Waals surface area contributed by atoms with E-state index >= 15 is 0 Å². The topological polar surface area (TPSA) is 49.3 Å². The highest BCUT2D eigenvalue weighted by Crippen LogP contribution is 2.17. The van der Waals surface area contributed by atoms with Crippen molar-refractivity contribution in [2.45, 2.75) is 20.0 Å². The minimum atomic E-state index is 0. The van der Waals surface area contributed by atoms with Gasteiger partial charge in [0.05, 0.1) is 26.4 Å². The normalized spacial score (nSPS) is 17.1. The molecule has 0 aliphatic carbocycles. The van der Waals surface area contributed by atoms with Crippen molar-refractivity contribution >= 4 is 29.9 Å². The van der Waals surface area contributed by atoms with Crippen LogP contribution in [0.25, 0.3) is 0 Å². The number of likely N-dealkylation sites (tertiary alicyclic amines) is 1. The van der Waals surface area contributed by atoms with Crippen LogP contribution < -0.4 is 5.32 Å². The summed E-state index contributed by atoms with van der Waals surface area (Å²) < 4.78 is 11.1. The van der Waals surface area contributed by atoms with Gasteiger partial charge in [0.15, 0.2) is 5.96 Å². The van der Waals surface area contributed by atoms with E-state index in [1.807, 2.05) is 6.07 Å². The molecule has 7 heteroatoms. The first-order valence-electron chi connectivity index (χ1n) is 10.0. The number of ether oxygens (including phenoxy) is 2. The Kier molecular flexibility index (Phi) is 13.5. The Morgan fingerprint density at radius 2 is 2.07 bits per heavy atom. The fraction of sp³-hybridized carbons (Fsp3) is 0.667. The third-order valence-corrected chi connectivity index (χ3v) is 4.81. The summed E-state index contributed by atoms with van der Waals surface area (Å²) >= 11 is 0. The van der Waals surface area contributed by atoms with E-state index in [0.29, 0.717) is 12.5 Å². The minimum Gasteiger partial charge on any atom is -0.383 e. The molecule has 6 nitrogen and oxygen atoms in total. The lowest BCUT2D eigenvalue weighted by Crippen LogP contribution is -2.40. The zero-order valence-corrected chi connectivity index (χ0v) is 19.9. The van der Waals surface area contributed by atoms with Gasteiger partial charge in [0.25, 0.3) is 0 Å². The number of guanidine groups is 1. The Bertz CT molecular complexity index is 544. The first-order valence-corrected chi connectivity index (χ1v) is 10.0. The van der Waals surface area contributed by atoms with Gasteiger partial charge in [-0.1, -0.05) is 30.3 Å². The number of methoxy groups -OCH3 is 1. The number of nitrogens with zero attached hydrogens (tertiary/aromatic N) is 3. The highest BCUT2D eigenvalue weighted by Gasteiger charge is 2.24. The van der Waals surface area contributed by atoms with Gasteiger partial charge in [0.1, 0.15) is 0 Å². The predicted molar refractivity (Wildman–Crippen MR) is 127 cm³/mol. The molecule has 28 heavy (non-hydrogen) atoms. The van der Waals surface area contributed by atoms with Gasteiger partial charge in [-0.3, -0.25) is 4.99 Å². The molecule has 1 fully saturated rings. The van der Waals surface area contributed by atoms with E-state index < -0.39 is 0 Å². The molecule has 1 heterocycles. The quantitative estimate of drug-likeness (QED) is 0.286. The van der Waals surface area contributed by atoms with Crippen molar-refractivity contribution in [1.82, 2.24) is 15.1 Å². The van der Waals surface area contributed by atoms with Crippen LogP contribution in [0.4, 0.5) is 0 Å². The van der Waals surface area contributed by atoms with Gasteiger partial charge in [0, 0.05) is 45.8 Å². The smallest absolute Gasteiger partial charge is 0.193 e. The first kappa shape index (κ1) is 25.1. The molecule has 1 aliphatic heterocycles. The third-order valence-electron chi connectivity index (χ3n) is 4.81. The van der Waals surface area contributed by atoms with Crippen molar-refractivity contribution in [3.8, 4) is 0 Å². The van der Waals surface area contributed by atoms with Crippen LogP contribution >= 0.6 is 24.0 Å². The summed E-state index contributed by atoms with van der Waals surface area (Å²) in [7, 11) is 3.85. The monoisotopic (exact) mass is 504 g/mol. The molecule has 0 saturated carbocycles. The molecule has 0 amide bonds. The summed E-state index contributed by atoms with van der Waals surface area (Å²) in [5, 5.41) is 3.44. The maximum atomic E-state index is 5.94. The summed E-state index contributed by atoms with van der Waals surface area (Å²) in [5.74, 6) is 1.60. The van der Waals surface area contributed by atoms with Crippen LogP contribution in [0, 0.1) is 5.92 Å². The fourth-order valence-corrected chi connectivity index (χ4v) is 3.19. The maximum absolute atomic E-state index is 5.94. The molecule has 1 aromatic carbocycles. The lowest BCUT2D eigenvalue weighted by Gasteiger charge is -2.22. The van der Waals surface area contributed by atoms with Crippen LogP contribution in [0.3, 0.4) is 0 Å². The number of halogens is 1. The van der Waals surface area contributed by atoms with E-state index in [2.05, 4.69) is 53.4 Å². The second kappa shape index (κ2) is 15.0. The minimum absolute atomic E-state index is 0. The third kappa shape index (κ3) is 9.54. The van der Waals surface area contributed by atoms with Crippen molar-refractivity contribution in [2.75, 3.05) is 66.6 Å². The van der Waals surface area contributed by atoms with Crippen molar-refractivity contribution in [3.05, 3.63) is 35.9 Å². The molecule has 1 atom stereocenters. The molecule has 0 bridgehead atoms. The molecule has 1 aromatic rings. The van der Waals surface area contributed by atoms with Crippen LogP contribution in [-0.4, -0.2) is 82.4 Å². The van der Waals surface area contributed by atoms with Crippen molar-refractivity contribution in [2.24, 2.45) is 10.9 Å². The fourth-order valence-electron chi connectivity index (χ4n) is 3.19. The summed E-state index contributed by atoms with van der Waals surface area (Å²) in [6.07, 6.45) is 1.16. The largest absolute Gasteiger partial charge is 0.383 e. The standard InChI is InChI=1S/C21H36N4O2.HI/c1-4-22-21(23-11-13-24(2)14-15-26-3)25-12-10-20(16-25)18-27-17-19-8-6-5-7-9-19;/h5-9,20H,4,10-18H2,1-3H3,(H,22,23);1H. The SMILES string of the molecule is CCNC(=NCCN(C)CCOC)N1CCC(COCc2ccccc2)C1.I. The lowest BCUT2D eigenvalue weighted by molar-refractivity contribution is 0.0906. The van der Waals surface area contributed by atoms with Gasteiger partial charge in [-0.2, -0.15) is 0 Å². The van der Waals surface area contributed by atoms with Gasteiger partial charge in [0.2, 0.25) is 0 Å². The Hall–Kier alpha value is -0.900. The van der Waals surface area contributed by atoms with Gasteiger partial charge in [-0.15, -0.1) is 24.0 Å². The van der Waals surface area contributed by atoms with Crippen molar-refractivity contribution in [1.29, 1.82) is 0 Å². The van der Waals surface area contributed by atoms with Gasteiger partial charge < -0.3 is 24.6 Å². The van der Waals surface area contributed by atoms with E-state index in [1.54, 1.807) is 7.11 Å². The van der Waals surface area contributed by atoms with E-state index in [9.17, 15) is 0 Å². The number of aliphatic imine (C=N–C) groups is 1. The molecular formula is C21H37IN4O2. The Morgan fingerprint density at radius 1 is 1.29 bits per heavy atom. The molecule has 0 radical (unpaired) electrons. The van der Waals surface area contributed by atoms with Crippen molar-refractivity contribution in [3.63, 3.8) is 0 Å². The molecule has 1 saturated heterocycles. The Morgan fingerprint density at radius 3 is 2.79 bits per heavy atom. The highest BCUT2D eigenvalue weighted by molar-refractivity contribution is 14.0. The Balaban J connectivity index is 0.00000392. The van der Waals surface area contributed by atoms with E-state index in [4.69, 9.17) is 14.5 Å². The average molecular weight is 504 g/mol. The number of hydrogen-bond acceptors (Lipinski definition) is 4.